The zero-order valence-corrected chi connectivity index (χ0v) is 11.5. The first-order valence-electron chi connectivity index (χ1n) is 6.93. The van der Waals surface area contributed by atoms with Crippen molar-refractivity contribution in [3.8, 4) is 0 Å². The van der Waals surface area contributed by atoms with Crippen LogP contribution in [0.15, 0.2) is 18.2 Å². The molecule has 0 unspecified atom stereocenters. The van der Waals surface area contributed by atoms with Crippen LogP contribution in [0.25, 0.3) is 0 Å². The molecule has 1 aliphatic carbocycles. The monoisotopic (exact) mass is 231 g/mol. The Morgan fingerprint density at radius 2 is 1.82 bits per heavy atom. The number of rotatable bonds is 5. The van der Waals surface area contributed by atoms with Gasteiger partial charge in [0, 0.05) is 13.1 Å². The lowest BCUT2D eigenvalue weighted by atomic mass is 9.67. The van der Waals surface area contributed by atoms with Crippen molar-refractivity contribution in [2.24, 2.45) is 5.41 Å². The van der Waals surface area contributed by atoms with E-state index < -0.39 is 0 Å². The van der Waals surface area contributed by atoms with Crippen molar-refractivity contribution in [2.45, 2.75) is 53.0 Å². The summed E-state index contributed by atoms with van der Waals surface area (Å²) in [5, 5.41) is 3.68. The van der Waals surface area contributed by atoms with E-state index in [-0.39, 0.29) is 0 Å². The summed E-state index contributed by atoms with van der Waals surface area (Å²) in [6.45, 7) is 8.98. The van der Waals surface area contributed by atoms with Gasteiger partial charge in [0.25, 0.3) is 0 Å². The minimum absolute atomic E-state index is 0.622. The number of aryl methyl sites for hydroxylation is 2. The molecule has 1 saturated carbocycles. The summed E-state index contributed by atoms with van der Waals surface area (Å²) in [5.74, 6) is 0. The lowest BCUT2D eigenvalue weighted by Crippen LogP contribution is -2.39. The summed E-state index contributed by atoms with van der Waals surface area (Å²) in [5.41, 5.74) is 4.93. The van der Waals surface area contributed by atoms with Crippen LogP contribution in [0.3, 0.4) is 0 Å². The van der Waals surface area contributed by atoms with Gasteiger partial charge in [-0.25, -0.2) is 0 Å². The molecule has 0 heterocycles. The molecule has 2 rings (SSSR count). The molecule has 1 N–H and O–H groups in total. The van der Waals surface area contributed by atoms with Crippen LogP contribution in [0, 0.1) is 19.3 Å². The van der Waals surface area contributed by atoms with Crippen LogP contribution in [-0.4, -0.2) is 6.54 Å². The fourth-order valence-corrected chi connectivity index (χ4v) is 2.91. The first kappa shape index (κ1) is 12.6. The van der Waals surface area contributed by atoms with Gasteiger partial charge in [0.15, 0.2) is 0 Å². The van der Waals surface area contributed by atoms with E-state index in [1.54, 1.807) is 0 Å². The Hall–Kier alpha value is -0.820. The van der Waals surface area contributed by atoms with E-state index >= 15 is 0 Å². The molecule has 1 aromatic carbocycles. The summed E-state index contributed by atoms with van der Waals surface area (Å²) in [4.78, 5) is 0. The highest BCUT2D eigenvalue weighted by Gasteiger charge is 2.34. The largest absolute Gasteiger partial charge is 0.312 e. The maximum absolute atomic E-state index is 3.68. The van der Waals surface area contributed by atoms with E-state index in [0.717, 1.165) is 6.54 Å². The van der Waals surface area contributed by atoms with Gasteiger partial charge >= 0.3 is 0 Å². The van der Waals surface area contributed by atoms with Crippen molar-refractivity contribution in [1.29, 1.82) is 0 Å². The van der Waals surface area contributed by atoms with Crippen LogP contribution in [0.2, 0.25) is 0 Å². The molecule has 0 aliphatic heterocycles. The van der Waals surface area contributed by atoms with Crippen LogP contribution < -0.4 is 5.32 Å². The summed E-state index contributed by atoms with van der Waals surface area (Å²) < 4.78 is 0. The lowest BCUT2D eigenvalue weighted by Gasteiger charge is -2.41. The molecular formula is C16H25N. The Kier molecular flexibility index (Phi) is 3.88. The molecule has 0 aromatic heterocycles. The van der Waals surface area contributed by atoms with E-state index in [4.69, 9.17) is 0 Å². The maximum Gasteiger partial charge on any atom is 0.0210 e. The van der Waals surface area contributed by atoms with Crippen LogP contribution in [0.4, 0.5) is 0 Å². The third-order valence-corrected chi connectivity index (χ3v) is 4.61. The lowest BCUT2D eigenvalue weighted by molar-refractivity contribution is 0.124. The number of hydrogen-bond donors (Lipinski definition) is 1. The second-order valence-corrected chi connectivity index (χ2v) is 5.68. The minimum atomic E-state index is 0.622. The van der Waals surface area contributed by atoms with Crippen LogP contribution >= 0.6 is 0 Å². The number of hydrogen-bond acceptors (Lipinski definition) is 1. The van der Waals surface area contributed by atoms with Crippen molar-refractivity contribution in [3.63, 3.8) is 0 Å². The van der Waals surface area contributed by atoms with Crippen molar-refractivity contribution in [3.05, 3.63) is 34.9 Å². The molecule has 1 nitrogen and oxygen atoms in total. The van der Waals surface area contributed by atoms with Gasteiger partial charge in [-0.2, -0.15) is 0 Å². The first-order valence-corrected chi connectivity index (χ1v) is 6.93. The smallest absolute Gasteiger partial charge is 0.0210 e. The standard InChI is InChI=1S/C16H25N/c1-4-16(9-6-10-16)12-17-11-15-13(2)7-5-8-14(15)3/h5,7-8,17H,4,6,9-12H2,1-3H3. The summed E-state index contributed by atoms with van der Waals surface area (Å²) >= 11 is 0. The Bertz CT molecular complexity index is 351. The fourth-order valence-electron chi connectivity index (χ4n) is 2.91. The predicted molar refractivity (Wildman–Crippen MR) is 74.2 cm³/mol. The highest BCUT2D eigenvalue weighted by molar-refractivity contribution is 5.33. The Labute approximate surface area is 106 Å². The zero-order chi connectivity index (χ0) is 12.3. The fraction of sp³-hybridized carbons (Fsp3) is 0.625. The number of nitrogens with one attached hydrogen (secondary N) is 1. The summed E-state index contributed by atoms with van der Waals surface area (Å²) in [6.07, 6.45) is 5.60. The van der Waals surface area contributed by atoms with Crippen LogP contribution in [-0.2, 0) is 6.54 Å². The zero-order valence-electron chi connectivity index (χ0n) is 11.5. The highest BCUT2D eigenvalue weighted by Crippen LogP contribution is 2.43. The van der Waals surface area contributed by atoms with Gasteiger partial charge in [0.1, 0.15) is 0 Å². The molecule has 0 spiro atoms. The van der Waals surface area contributed by atoms with Crippen molar-refractivity contribution in [2.75, 3.05) is 6.54 Å². The van der Waals surface area contributed by atoms with Gasteiger partial charge in [-0.3, -0.25) is 0 Å². The third kappa shape index (κ3) is 2.71. The Morgan fingerprint density at radius 3 is 2.29 bits per heavy atom. The minimum Gasteiger partial charge on any atom is -0.312 e. The second-order valence-electron chi connectivity index (χ2n) is 5.68. The van der Waals surface area contributed by atoms with E-state index in [1.165, 1.54) is 48.9 Å². The predicted octanol–water partition coefficient (Wildman–Crippen LogP) is 3.97. The van der Waals surface area contributed by atoms with Gasteiger partial charge < -0.3 is 5.32 Å². The molecule has 1 aromatic rings. The Morgan fingerprint density at radius 1 is 1.18 bits per heavy atom. The molecule has 1 aliphatic rings. The van der Waals surface area contributed by atoms with Crippen molar-refractivity contribution >= 4 is 0 Å². The molecule has 17 heavy (non-hydrogen) atoms. The average molecular weight is 231 g/mol. The Balaban J connectivity index is 1.90. The number of benzene rings is 1. The van der Waals surface area contributed by atoms with Crippen LogP contribution in [0.5, 0.6) is 0 Å². The van der Waals surface area contributed by atoms with Gasteiger partial charge in [-0.15, -0.1) is 0 Å². The molecule has 1 heteroatoms. The van der Waals surface area contributed by atoms with Gasteiger partial charge in [-0.1, -0.05) is 31.5 Å². The van der Waals surface area contributed by atoms with E-state index in [1.807, 2.05) is 0 Å². The van der Waals surface area contributed by atoms with Gasteiger partial charge in [-0.05, 0) is 55.2 Å². The quantitative estimate of drug-likeness (QED) is 0.808. The van der Waals surface area contributed by atoms with E-state index in [9.17, 15) is 0 Å². The van der Waals surface area contributed by atoms with Crippen LogP contribution in [0.1, 0.15) is 49.3 Å². The molecule has 0 amide bonds. The molecule has 0 saturated heterocycles. The van der Waals surface area contributed by atoms with Crippen molar-refractivity contribution in [1.82, 2.24) is 5.32 Å². The second kappa shape index (κ2) is 5.22. The topological polar surface area (TPSA) is 12.0 Å². The summed E-state index contributed by atoms with van der Waals surface area (Å²) in [7, 11) is 0. The highest BCUT2D eigenvalue weighted by atomic mass is 14.9. The first-order chi connectivity index (χ1) is 8.17. The molecule has 0 bridgehead atoms. The molecule has 0 radical (unpaired) electrons. The van der Waals surface area contributed by atoms with E-state index in [0.29, 0.717) is 5.41 Å². The van der Waals surface area contributed by atoms with Gasteiger partial charge in [0.05, 0.1) is 0 Å². The SMILES string of the molecule is CCC1(CNCc2c(C)cccc2C)CCC1. The normalized spacial score (nSPS) is 17.8. The average Bonchev–Trinajstić information content (AvgIpc) is 2.26. The van der Waals surface area contributed by atoms with Crippen molar-refractivity contribution < 1.29 is 0 Å². The van der Waals surface area contributed by atoms with Gasteiger partial charge in [0.2, 0.25) is 0 Å². The summed E-state index contributed by atoms with van der Waals surface area (Å²) in [6, 6.07) is 6.57. The maximum atomic E-state index is 3.68. The molecule has 0 atom stereocenters. The third-order valence-electron chi connectivity index (χ3n) is 4.61. The molecule has 94 valence electrons. The molecular weight excluding hydrogens is 206 g/mol. The molecule has 1 fully saturated rings. The van der Waals surface area contributed by atoms with E-state index in [2.05, 4.69) is 44.3 Å².